The van der Waals surface area contributed by atoms with Crippen molar-refractivity contribution in [1.82, 2.24) is 0 Å². The molecule has 1 aromatic carbocycles. The SMILES string of the molecule is CCC1CCCCCN1c1cc(Br)ccc1C(=N)N. The lowest BCUT2D eigenvalue weighted by Crippen LogP contribution is -2.36. The van der Waals surface area contributed by atoms with E-state index in [1.165, 1.54) is 25.7 Å². The highest BCUT2D eigenvalue weighted by molar-refractivity contribution is 9.10. The number of halogens is 1. The van der Waals surface area contributed by atoms with Gasteiger partial charge in [-0.1, -0.05) is 35.7 Å². The van der Waals surface area contributed by atoms with E-state index in [-0.39, 0.29) is 5.84 Å². The van der Waals surface area contributed by atoms with Gasteiger partial charge in [-0.3, -0.25) is 5.41 Å². The number of rotatable bonds is 3. The molecule has 1 atom stereocenters. The Bertz CT molecular complexity index is 459. The second kappa shape index (κ2) is 6.42. The normalized spacial score (nSPS) is 20.1. The Morgan fingerprint density at radius 3 is 2.89 bits per heavy atom. The molecule has 0 bridgehead atoms. The largest absolute Gasteiger partial charge is 0.384 e. The van der Waals surface area contributed by atoms with E-state index in [1.54, 1.807) is 0 Å². The zero-order valence-electron chi connectivity index (χ0n) is 11.5. The maximum Gasteiger partial charge on any atom is 0.124 e. The van der Waals surface area contributed by atoms with Gasteiger partial charge >= 0.3 is 0 Å². The van der Waals surface area contributed by atoms with E-state index in [0.29, 0.717) is 6.04 Å². The van der Waals surface area contributed by atoms with Gasteiger partial charge in [-0.05, 0) is 37.5 Å². The summed E-state index contributed by atoms with van der Waals surface area (Å²) in [5.74, 6) is 0.154. The quantitative estimate of drug-likeness (QED) is 0.654. The molecule has 1 saturated heterocycles. The van der Waals surface area contributed by atoms with Gasteiger partial charge in [0.15, 0.2) is 0 Å². The Morgan fingerprint density at radius 2 is 2.21 bits per heavy atom. The molecule has 0 amide bonds. The monoisotopic (exact) mass is 323 g/mol. The Labute approximate surface area is 123 Å². The van der Waals surface area contributed by atoms with Gasteiger partial charge in [0.2, 0.25) is 0 Å². The maximum atomic E-state index is 7.78. The third-order valence-electron chi connectivity index (χ3n) is 3.91. The third kappa shape index (κ3) is 3.30. The topological polar surface area (TPSA) is 53.1 Å². The minimum absolute atomic E-state index is 0.154. The number of hydrogen-bond acceptors (Lipinski definition) is 2. The summed E-state index contributed by atoms with van der Waals surface area (Å²) in [7, 11) is 0. The predicted molar refractivity (Wildman–Crippen MR) is 85.1 cm³/mol. The number of hydrogen-bond donors (Lipinski definition) is 2. The third-order valence-corrected chi connectivity index (χ3v) is 4.40. The average molecular weight is 324 g/mol. The highest BCUT2D eigenvalue weighted by Gasteiger charge is 2.22. The molecule has 1 aliphatic rings. The molecular formula is C15H22BrN3. The molecule has 104 valence electrons. The molecule has 0 spiro atoms. The molecule has 0 aliphatic carbocycles. The maximum absolute atomic E-state index is 7.78. The van der Waals surface area contributed by atoms with Crippen LogP contribution in [0.5, 0.6) is 0 Å². The first kappa shape index (κ1) is 14.4. The van der Waals surface area contributed by atoms with Crippen LogP contribution < -0.4 is 10.6 Å². The summed E-state index contributed by atoms with van der Waals surface area (Å²) in [5, 5.41) is 7.78. The van der Waals surface area contributed by atoms with Gasteiger partial charge < -0.3 is 10.6 Å². The van der Waals surface area contributed by atoms with Crippen molar-refractivity contribution in [1.29, 1.82) is 5.41 Å². The number of anilines is 1. The first-order valence-corrected chi connectivity index (χ1v) is 7.83. The van der Waals surface area contributed by atoms with E-state index < -0.39 is 0 Å². The Hall–Kier alpha value is -1.03. The molecule has 2 rings (SSSR count). The van der Waals surface area contributed by atoms with Gasteiger partial charge in [0, 0.05) is 28.3 Å². The number of nitrogens with one attached hydrogen (secondary N) is 1. The molecule has 19 heavy (non-hydrogen) atoms. The molecule has 1 heterocycles. The minimum atomic E-state index is 0.154. The molecular weight excluding hydrogens is 302 g/mol. The first-order valence-electron chi connectivity index (χ1n) is 7.04. The summed E-state index contributed by atoms with van der Waals surface area (Å²) in [6.45, 7) is 3.31. The van der Waals surface area contributed by atoms with Crippen molar-refractivity contribution in [2.45, 2.75) is 45.1 Å². The van der Waals surface area contributed by atoms with Crippen LogP contribution in [0.25, 0.3) is 0 Å². The molecule has 1 aromatic rings. The van der Waals surface area contributed by atoms with Gasteiger partial charge in [0.05, 0.1) is 0 Å². The summed E-state index contributed by atoms with van der Waals surface area (Å²) in [4.78, 5) is 2.45. The molecule has 1 aliphatic heterocycles. The lowest BCUT2D eigenvalue weighted by Gasteiger charge is -2.33. The molecule has 0 saturated carbocycles. The zero-order valence-corrected chi connectivity index (χ0v) is 13.0. The van der Waals surface area contributed by atoms with Crippen LogP contribution in [0, 0.1) is 5.41 Å². The van der Waals surface area contributed by atoms with E-state index >= 15 is 0 Å². The lowest BCUT2D eigenvalue weighted by atomic mass is 10.0. The smallest absolute Gasteiger partial charge is 0.124 e. The van der Waals surface area contributed by atoms with Crippen molar-refractivity contribution >= 4 is 27.5 Å². The van der Waals surface area contributed by atoms with Crippen molar-refractivity contribution < 1.29 is 0 Å². The van der Waals surface area contributed by atoms with Crippen LogP contribution in [-0.4, -0.2) is 18.4 Å². The van der Waals surface area contributed by atoms with Gasteiger partial charge in [-0.25, -0.2) is 0 Å². The minimum Gasteiger partial charge on any atom is -0.384 e. The molecule has 4 heteroatoms. The molecule has 1 unspecified atom stereocenters. The van der Waals surface area contributed by atoms with Crippen LogP contribution in [0.1, 0.15) is 44.6 Å². The van der Waals surface area contributed by atoms with Gasteiger partial charge in [0.25, 0.3) is 0 Å². The summed E-state index contributed by atoms with van der Waals surface area (Å²) in [6, 6.07) is 6.57. The van der Waals surface area contributed by atoms with Crippen LogP contribution in [0.15, 0.2) is 22.7 Å². The lowest BCUT2D eigenvalue weighted by molar-refractivity contribution is 0.556. The summed E-state index contributed by atoms with van der Waals surface area (Å²) >= 11 is 3.54. The number of benzene rings is 1. The number of nitrogens with two attached hydrogens (primary N) is 1. The van der Waals surface area contributed by atoms with Crippen molar-refractivity contribution in [3.63, 3.8) is 0 Å². The van der Waals surface area contributed by atoms with Crippen molar-refractivity contribution in [3.8, 4) is 0 Å². The molecule has 3 nitrogen and oxygen atoms in total. The van der Waals surface area contributed by atoms with E-state index in [0.717, 1.165) is 28.7 Å². The van der Waals surface area contributed by atoms with E-state index in [9.17, 15) is 0 Å². The molecule has 3 N–H and O–H groups in total. The van der Waals surface area contributed by atoms with Crippen molar-refractivity contribution in [2.75, 3.05) is 11.4 Å². The Balaban J connectivity index is 2.42. The fourth-order valence-electron chi connectivity index (χ4n) is 2.89. The summed E-state index contributed by atoms with van der Waals surface area (Å²) in [6.07, 6.45) is 6.21. The van der Waals surface area contributed by atoms with Crippen molar-refractivity contribution in [3.05, 3.63) is 28.2 Å². The fraction of sp³-hybridized carbons (Fsp3) is 0.533. The van der Waals surface area contributed by atoms with Crippen LogP contribution in [0.2, 0.25) is 0 Å². The number of nitrogens with zero attached hydrogens (tertiary/aromatic N) is 1. The highest BCUT2D eigenvalue weighted by atomic mass is 79.9. The van der Waals surface area contributed by atoms with E-state index in [1.807, 2.05) is 12.1 Å². The van der Waals surface area contributed by atoms with E-state index in [2.05, 4.69) is 33.8 Å². The first-order chi connectivity index (χ1) is 9.13. The molecule has 0 aromatic heterocycles. The van der Waals surface area contributed by atoms with Gasteiger partial charge in [0.1, 0.15) is 5.84 Å². The van der Waals surface area contributed by atoms with Crippen molar-refractivity contribution in [2.24, 2.45) is 5.73 Å². The Morgan fingerprint density at radius 1 is 1.42 bits per heavy atom. The average Bonchev–Trinajstić information content (AvgIpc) is 2.63. The second-order valence-corrected chi connectivity index (χ2v) is 6.10. The highest BCUT2D eigenvalue weighted by Crippen LogP contribution is 2.31. The standard InChI is InChI=1S/C15H22BrN3/c1-2-12-6-4-3-5-9-19(12)14-10-11(16)7-8-13(14)15(17)18/h7-8,10,12H,2-6,9H2,1H3,(H3,17,18). The van der Waals surface area contributed by atoms with Crippen LogP contribution in [-0.2, 0) is 0 Å². The van der Waals surface area contributed by atoms with E-state index in [4.69, 9.17) is 11.1 Å². The van der Waals surface area contributed by atoms with Gasteiger partial charge in [-0.15, -0.1) is 0 Å². The summed E-state index contributed by atoms with van der Waals surface area (Å²) in [5.41, 5.74) is 7.70. The van der Waals surface area contributed by atoms with Gasteiger partial charge in [-0.2, -0.15) is 0 Å². The predicted octanol–water partition coefficient (Wildman–Crippen LogP) is 3.89. The molecule has 1 fully saturated rings. The summed E-state index contributed by atoms with van der Waals surface area (Å²) < 4.78 is 1.05. The zero-order chi connectivity index (χ0) is 13.8. The fourth-order valence-corrected chi connectivity index (χ4v) is 3.24. The second-order valence-electron chi connectivity index (χ2n) is 5.18. The number of nitrogen functional groups attached to an aromatic ring is 1. The Kier molecular flexibility index (Phi) is 4.86. The van der Waals surface area contributed by atoms with Crippen LogP contribution in [0.3, 0.4) is 0 Å². The molecule has 0 radical (unpaired) electrons. The van der Waals surface area contributed by atoms with Crippen LogP contribution in [0.4, 0.5) is 5.69 Å². The number of amidine groups is 1. The van der Waals surface area contributed by atoms with Crippen LogP contribution >= 0.6 is 15.9 Å².